The number of nitrogens with one attached hydrogen (secondary N) is 1. The molecule has 9 heteroatoms. The molecule has 6 nitrogen and oxygen atoms in total. The Morgan fingerprint density at radius 1 is 1.00 bits per heavy atom. The number of nitrogens with two attached hydrogens (primary N) is 1. The third-order valence-electron chi connectivity index (χ3n) is 6.66. The molecule has 0 aliphatic carbocycles. The maximum Gasteiger partial charge on any atom is 0.322 e. The van der Waals surface area contributed by atoms with E-state index in [0.717, 1.165) is 11.8 Å². The van der Waals surface area contributed by atoms with E-state index < -0.39 is 23.5 Å². The first-order valence-electron chi connectivity index (χ1n) is 11.5. The van der Waals surface area contributed by atoms with E-state index >= 15 is 0 Å². The molecule has 0 saturated carbocycles. The fourth-order valence-corrected chi connectivity index (χ4v) is 4.78. The zero-order chi connectivity index (χ0) is 24.6. The summed E-state index contributed by atoms with van der Waals surface area (Å²) in [5, 5.41) is 2.92. The van der Waals surface area contributed by atoms with Gasteiger partial charge >= 0.3 is 6.03 Å². The molecule has 2 aromatic rings. The minimum Gasteiger partial charge on any atom is -0.336 e. The predicted octanol–water partition coefficient (Wildman–Crippen LogP) is 4.00. The van der Waals surface area contributed by atoms with E-state index in [1.165, 1.54) is 5.56 Å². The van der Waals surface area contributed by atoms with Crippen molar-refractivity contribution in [2.75, 3.05) is 18.4 Å². The van der Waals surface area contributed by atoms with Crippen LogP contribution in [0.15, 0.2) is 36.4 Å². The Morgan fingerprint density at radius 2 is 1.62 bits per heavy atom. The van der Waals surface area contributed by atoms with Gasteiger partial charge in [0, 0.05) is 37.3 Å². The highest BCUT2D eigenvalue weighted by Crippen LogP contribution is 2.32. The van der Waals surface area contributed by atoms with Gasteiger partial charge < -0.3 is 20.9 Å². The second-order valence-corrected chi connectivity index (χ2v) is 9.47. The second kappa shape index (κ2) is 9.66. The van der Waals surface area contributed by atoms with E-state index in [1.807, 2.05) is 24.3 Å². The molecule has 2 aliphatic heterocycles. The molecule has 4 rings (SSSR count). The van der Waals surface area contributed by atoms with Crippen LogP contribution in [0.1, 0.15) is 43.7 Å². The van der Waals surface area contributed by atoms with Crippen LogP contribution in [-0.2, 0) is 11.2 Å². The van der Waals surface area contributed by atoms with Crippen molar-refractivity contribution in [2.45, 2.75) is 57.2 Å². The molecule has 2 saturated heterocycles. The van der Waals surface area contributed by atoms with Gasteiger partial charge in [-0.15, -0.1) is 0 Å². The van der Waals surface area contributed by atoms with Gasteiger partial charge in [0.05, 0.1) is 12.1 Å². The summed E-state index contributed by atoms with van der Waals surface area (Å²) in [6.07, 6.45) is 0.565. The van der Waals surface area contributed by atoms with Crippen LogP contribution >= 0.6 is 0 Å². The number of nitrogens with zero attached hydrogens (tertiary/aromatic N) is 2. The molecule has 2 heterocycles. The number of benzene rings is 2. The fraction of sp³-hybridized carbons (Fsp3) is 0.440. The summed E-state index contributed by atoms with van der Waals surface area (Å²) in [6, 6.07) is 7.90. The summed E-state index contributed by atoms with van der Waals surface area (Å²) in [5.74, 6) is -3.08. The molecule has 182 valence electrons. The highest BCUT2D eigenvalue weighted by molar-refractivity contribution is 5.90. The molecule has 2 aromatic carbocycles. The van der Waals surface area contributed by atoms with Crippen molar-refractivity contribution in [3.8, 4) is 0 Å². The topological polar surface area (TPSA) is 78.7 Å². The van der Waals surface area contributed by atoms with E-state index in [9.17, 15) is 22.8 Å². The average Bonchev–Trinajstić information content (AvgIpc) is 3.39. The van der Waals surface area contributed by atoms with E-state index in [1.54, 1.807) is 9.80 Å². The number of rotatable bonds is 6. The van der Waals surface area contributed by atoms with Gasteiger partial charge in [0.2, 0.25) is 5.91 Å². The zero-order valence-corrected chi connectivity index (χ0v) is 19.2. The van der Waals surface area contributed by atoms with Crippen LogP contribution in [0.4, 0.5) is 23.7 Å². The Bertz CT molecular complexity index is 1080. The standard InChI is InChI=1S/C25H29F3N4O2/c1-14(2)15-3-5-18(6-4-15)30-25(34)32-13-19-10-20(32)12-31(19)24(33)9-17(29)7-16-8-22(27)23(28)11-21(16)26/h3-6,8,11,14,17,19-20H,7,9-10,12-13,29H2,1-2H3,(H,30,34)/t17-,19+,20-/m1/s1. The number of urea groups is 1. The van der Waals surface area contributed by atoms with Gasteiger partial charge in [-0.1, -0.05) is 26.0 Å². The van der Waals surface area contributed by atoms with Crippen LogP contribution in [0, 0.1) is 17.5 Å². The van der Waals surface area contributed by atoms with E-state index in [-0.39, 0.29) is 42.4 Å². The van der Waals surface area contributed by atoms with Gasteiger partial charge in [0.25, 0.3) is 0 Å². The van der Waals surface area contributed by atoms with Gasteiger partial charge in [0.1, 0.15) is 5.82 Å². The van der Waals surface area contributed by atoms with Crippen LogP contribution in [0.2, 0.25) is 0 Å². The normalized spacial score (nSPS) is 20.2. The van der Waals surface area contributed by atoms with Crippen LogP contribution < -0.4 is 11.1 Å². The molecule has 0 aromatic heterocycles. The number of likely N-dealkylation sites (tertiary alicyclic amines) is 2. The van der Waals surface area contributed by atoms with Gasteiger partial charge in [-0.2, -0.15) is 0 Å². The summed E-state index contributed by atoms with van der Waals surface area (Å²) in [6.45, 7) is 5.06. The maximum absolute atomic E-state index is 13.9. The van der Waals surface area contributed by atoms with Crippen molar-refractivity contribution in [3.05, 3.63) is 65.0 Å². The highest BCUT2D eigenvalue weighted by atomic mass is 19.2. The molecule has 34 heavy (non-hydrogen) atoms. The first kappa shape index (κ1) is 24.1. The minimum atomic E-state index is -1.26. The number of halogens is 3. The first-order chi connectivity index (χ1) is 16.1. The lowest BCUT2D eigenvalue weighted by molar-refractivity contribution is -0.133. The largest absolute Gasteiger partial charge is 0.336 e. The van der Waals surface area contributed by atoms with Crippen molar-refractivity contribution in [3.63, 3.8) is 0 Å². The van der Waals surface area contributed by atoms with Crippen molar-refractivity contribution >= 4 is 17.6 Å². The smallest absolute Gasteiger partial charge is 0.322 e. The monoisotopic (exact) mass is 474 g/mol. The quantitative estimate of drug-likeness (QED) is 0.621. The molecular weight excluding hydrogens is 445 g/mol. The third-order valence-corrected chi connectivity index (χ3v) is 6.66. The highest BCUT2D eigenvalue weighted by Gasteiger charge is 2.47. The lowest BCUT2D eigenvalue weighted by atomic mass is 10.0. The summed E-state index contributed by atoms with van der Waals surface area (Å²) >= 11 is 0. The molecule has 3 atom stereocenters. The number of carbonyl (C=O) groups is 2. The molecule has 2 fully saturated rings. The summed E-state index contributed by atoms with van der Waals surface area (Å²) in [4.78, 5) is 29.0. The van der Waals surface area contributed by atoms with Gasteiger partial charge in [0.15, 0.2) is 11.6 Å². The number of piperazine rings is 1. The lowest BCUT2D eigenvalue weighted by Gasteiger charge is -2.34. The first-order valence-corrected chi connectivity index (χ1v) is 11.5. The molecule has 0 spiro atoms. The predicted molar refractivity (Wildman–Crippen MR) is 123 cm³/mol. The molecule has 3 amide bonds. The average molecular weight is 475 g/mol. The molecular formula is C25H29F3N4O2. The van der Waals surface area contributed by atoms with Crippen molar-refractivity contribution in [1.29, 1.82) is 0 Å². The van der Waals surface area contributed by atoms with Crippen molar-refractivity contribution in [1.82, 2.24) is 9.80 Å². The van der Waals surface area contributed by atoms with E-state index in [2.05, 4.69) is 19.2 Å². The Kier molecular flexibility index (Phi) is 6.84. The van der Waals surface area contributed by atoms with E-state index in [4.69, 9.17) is 5.73 Å². The Balaban J connectivity index is 1.29. The fourth-order valence-electron chi connectivity index (χ4n) is 4.78. The minimum absolute atomic E-state index is 0.0456. The number of amides is 3. The van der Waals surface area contributed by atoms with Gasteiger partial charge in [-0.25, -0.2) is 18.0 Å². The number of hydrogen-bond donors (Lipinski definition) is 2. The van der Waals surface area contributed by atoms with Gasteiger partial charge in [-0.05, 0) is 48.1 Å². The second-order valence-electron chi connectivity index (χ2n) is 9.47. The van der Waals surface area contributed by atoms with E-state index in [0.29, 0.717) is 31.5 Å². The lowest BCUT2D eigenvalue weighted by Crippen LogP contribution is -2.52. The molecule has 2 bridgehead atoms. The number of anilines is 1. The zero-order valence-electron chi connectivity index (χ0n) is 19.2. The SMILES string of the molecule is CC(C)c1ccc(NC(=O)N2C[C@@H]3C[C@@H]2CN3C(=O)C[C@H](N)Cc2cc(F)c(F)cc2F)cc1. The summed E-state index contributed by atoms with van der Waals surface area (Å²) in [5.41, 5.74) is 7.87. The third kappa shape index (κ3) is 5.04. The summed E-state index contributed by atoms with van der Waals surface area (Å²) < 4.78 is 40.4. The molecule has 0 unspecified atom stereocenters. The Hall–Kier alpha value is -3.07. The Labute approximate surface area is 196 Å². The molecule has 3 N–H and O–H groups in total. The van der Waals surface area contributed by atoms with Crippen LogP contribution in [0.25, 0.3) is 0 Å². The van der Waals surface area contributed by atoms with Crippen molar-refractivity contribution in [2.24, 2.45) is 5.73 Å². The number of fused-ring (bicyclic) bond motifs is 2. The van der Waals surface area contributed by atoms with Crippen LogP contribution in [0.5, 0.6) is 0 Å². The summed E-state index contributed by atoms with van der Waals surface area (Å²) in [7, 11) is 0. The Morgan fingerprint density at radius 3 is 2.24 bits per heavy atom. The molecule has 0 radical (unpaired) electrons. The van der Waals surface area contributed by atoms with Crippen LogP contribution in [-0.4, -0.2) is 53.0 Å². The number of carbonyl (C=O) groups excluding carboxylic acids is 2. The van der Waals surface area contributed by atoms with Gasteiger partial charge in [-0.3, -0.25) is 4.79 Å². The van der Waals surface area contributed by atoms with Crippen LogP contribution in [0.3, 0.4) is 0 Å². The number of hydrogen-bond acceptors (Lipinski definition) is 3. The maximum atomic E-state index is 13.9. The van der Waals surface area contributed by atoms with Crippen molar-refractivity contribution < 1.29 is 22.8 Å². The molecule has 2 aliphatic rings.